The fourth-order valence-corrected chi connectivity index (χ4v) is 0. The fourth-order valence-electron chi connectivity index (χ4n) is 0. The quantitative estimate of drug-likeness (QED) is 0.346. The summed E-state index contributed by atoms with van der Waals surface area (Å²) in [6.45, 7) is 10.5. The molecule has 0 atom stereocenters. The van der Waals surface area contributed by atoms with Crippen LogP contribution in [0.15, 0.2) is 0 Å². The monoisotopic (exact) mass is 128 g/mol. The third kappa shape index (κ3) is 207. The van der Waals surface area contributed by atoms with E-state index in [9.17, 15) is 0 Å². The van der Waals surface area contributed by atoms with Gasteiger partial charge in [0.1, 0.15) is 0 Å². The van der Waals surface area contributed by atoms with E-state index in [0.29, 0.717) is 0 Å². The molecule has 0 radical (unpaired) electrons. The molecule has 0 aromatic heterocycles. The molecule has 0 unspecified atom stereocenters. The van der Waals surface area contributed by atoms with Gasteiger partial charge in [-0.1, -0.05) is 6.92 Å². The van der Waals surface area contributed by atoms with Gasteiger partial charge in [0.25, 0.3) is 0 Å². The summed E-state index contributed by atoms with van der Waals surface area (Å²) in [7, 11) is 0. The minimum Gasteiger partial charge on any atom is -0.346 e. The van der Waals surface area contributed by atoms with Crippen molar-refractivity contribution in [1.29, 1.82) is 0 Å². The molecular formula is C5H12Fe. The zero-order valence-electron chi connectivity index (χ0n) is 4.47. The van der Waals surface area contributed by atoms with Gasteiger partial charge < -0.3 is 13.8 Å². The zero-order chi connectivity index (χ0) is 4.71. The molecule has 0 N–H and O–H groups in total. The molecule has 0 aliphatic heterocycles. The Kier molecular flexibility index (Phi) is 130. The van der Waals surface area contributed by atoms with E-state index in [4.69, 9.17) is 0 Å². The van der Waals surface area contributed by atoms with Crippen LogP contribution < -0.4 is 0 Å². The summed E-state index contributed by atoms with van der Waals surface area (Å²) in [6.07, 6.45) is 1.00. The van der Waals surface area contributed by atoms with Crippen molar-refractivity contribution in [1.82, 2.24) is 0 Å². The second-order valence-electron chi connectivity index (χ2n) is 0.500. The van der Waals surface area contributed by atoms with Crippen LogP contribution in [0.5, 0.6) is 0 Å². The van der Waals surface area contributed by atoms with E-state index < -0.39 is 0 Å². The van der Waals surface area contributed by atoms with Crippen LogP contribution in [0.3, 0.4) is 0 Å². The van der Waals surface area contributed by atoms with Gasteiger partial charge in [0.15, 0.2) is 0 Å². The van der Waals surface area contributed by atoms with Crippen LogP contribution in [-0.2, 0) is 17.1 Å². The zero-order valence-corrected chi connectivity index (χ0v) is 5.58. The van der Waals surface area contributed by atoms with Crippen molar-refractivity contribution in [2.75, 3.05) is 0 Å². The van der Waals surface area contributed by atoms with Crippen LogP contribution in [0.4, 0.5) is 0 Å². The Morgan fingerprint density at radius 3 is 1.33 bits per heavy atom. The van der Waals surface area contributed by atoms with E-state index in [1.165, 1.54) is 0 Å². The van der Waals surface area contributed by atoms with Gasteiger partial charge in [-0.3, -0.25) is 0 Å². The first-order valence-electron chi connectivity index (χ1n) is 1.91. The van der Waals surface area contributed by atoms with Gasteiger partial charge in [-0.15, -0.1) is 0 Å². The smallest absolute Gasteiger partial charge is 0.346 e. The summed E-state index contributed by atoms with van der Waals surface area (Å²) in [6, 6.07) is 0. The minimum atomic E-state index is 0. The second-order valence-corrected chi connectivity index (χ2v) is 0.500. The van der Waals surface area contributed by atoms with E-state index >= 15 is 0 Å². The first kappa shape index (κ1) is 16.0. The van der Waals surface area contributed by atoms with Gasteiger partial charge >= 0.3 is 17.1 Å². The first-order chi connectivity index (χ1) is 2.41. The van der Waals surface area contributed by atoms with Crippen molar-refractivity contribution in [3.63, 3.8) is 0 Å². The molecule has 0 saturated heterocycles. The Morgan fingerprint density at radius 2 is 1.33 bits per heavy atom. The predicted octanol–water partition coefficient (Wildman–Crippen LogP) is 2.07. The summed E-state index contributed by atoms with van der Waals surface area (Å²) in [4.78, 5) is 0. The molecule has 0 amide bonds. The topological polar surface area (TPSA) is 0 Å². The summed E-state index contributed by atoms with van der Waals surface area (Å²) in [5, 5.41) is 0. The number of hydrogen-bond donors (Lipinski definition) is 0. The molecule has 0 bridgehead atoms. The Balaban J connectivity index is -0.0000000275. The average molecular weight is 128 g/mol. The molecule has 0 heterocycles. The molecule has 0 aliphatic rings. The molecule has 0 aliphatic carbocycles. The van der Waals surface area contributed by atoms with Gasteiger partial charge in [-0.2, -0.15) is 13.3 Å². The molecule has 0 fully saturated rings. The van der Waals surface area contributed by atoms with Crippen molar-refractivity contribution in [2.45, 2.75) is 20.3 Å². The maximum atomic E-state index is 3.49. The van der Waals surface area contributed by atoms with Gasteiger partial charge in [-0.05, 0) is 0 Å². The van der Waals surface area contributed by atoms with Crippen LogP contribution in [0.25, 0.3) is 0 Å². The molecule has 0 nitrogen and oxygen atoms in total. The Morgan fingerprint density at radius 1 is 1.33 bits per heavy atom. The van der Waals surface area contributed by atoms with Crippen molar-refractivity contribution >= 4 is 0 Å². The minimum absolute atomic E-state index is 0. The standard InChI is InChI=1S/C3H7.C2H5.Fe/c1-3-2;1-2;/h1,3H2,2H3;1H2,2H3;/q2*-1;+2. The maximum Gasteiger partial charge on any atom is 2.00 e. The van der Waals surface area contributed by atoms with E-state index in [1.54, 1.807) is 6.92 Å². The first-order valence-corrected chi connectivity index (χ1v) is 1.91. The van der Waals surface area contributed by atoms with Gasteiger partial charge in [0.2, 0.25) is 0 Å². The van der Waals surface area contributed by atoms with Crippen LogP contribution in [-0.4, -0.2) is 0 Å². The number of rotatable bonds is 0. The largest absolute Gasteiger partial charge is 2.00 e. The van der Waals surface area contributed by atoms with E-state index in [0.717, 1.165) is 6.42 Å². The second kappa shape index (κ2) is 48.8. The Labute approximate surface area is 51.8 Å². The van der Waals surface area contributed by atoms with E-state index in [2.05, 4.69) is 13.8 Å². The summed E-state index contributed by atoms with van der Waals surface area (Å²) < 4.78 is 0. The third-order valence-electron chi connectivity index (χ3n) is 0. The molecular weight excluding hydrogens is 116 g/mol. The van der Waals surface area contributed by atoms with Crippen LogP contribution in [0.1, 0.15) is 20.3 Å². The molecule has 0 rings (SSSR count). The molecule has 0 aromatic carbocycles. The van der Waals surface area contributed by atoms with Crippen LogP contribution in [0.2, 0.25) is 0 Å². The maximum absolute atomic E-state index is 3.49. The van der Waals surface area contributed by atoms with E-state index in [1.807, 2.05) is 6.92 Å². The third-order valence-corrected chi connectivity index (χ3v) is 0. The van der Waals surface area contributed by atoms with Crippen LogP contribution in [0, 0.1) is 13.8 Å². The normalized spacial score (nSPS) is 4.00. The molecule has 0 saturated carbocycles. The SMILES string of the molecule is [CH2-]C.[CH2-]CC.[Fe+2]. The Bertz CT molecular complexity index is 3.90. The summed E-state index contributed by atoms with van der Waals surface area (Å²) in [5.41, 5.74) is 0. The molecule has 6 heavy (non-hydrogen) atoms. The predicted molar refractivity (Wildman–Crippen MR) is 26.7 cm³/mol. The van der Waals surface area contributed by atoms with E-state index in [-0.39, 0.29) is 17.1 Å². The molecule has 0 spiro atoms. The average Bonchev–Trinajstić information content (AvgIpc) is 1.46. The molecule has 1 heteroatoms. The fraction of sp³-hybridized carbons (Fsp3) is 0.600. The van der Waals surface area contributed by atoms with Gasteiger partial charge in [0.05, 0.1) is 0 Å². The van der Waals surface area contributed by atoms with Gasteiger partial charge in [-0.25, -0.2) is 0 Å². The van der Waals surface area contributed by atoms with Crippen molar-refractivity contribution in [3.05, 3.63) is 13.8 Å². The van der Waals surface area contributed by atoms with Crippen molar-refractivity contribution < 1.29 is 17.1 Å². The van der Waals surface area contributed by atoms with Crippen molar-refractivity contribution in [2.24, 2.45) is 0 Å². The van der Waals surface area contributed by atoms with Gasteiger partial charge in [0, 0.05) is 0 Å². The summed E-state index contributed by atoms with van der Waals surface area (Å²) in [5.74, 6) is 0. The molecule has 40 valence electrons. The number of hydrogen-bond acceptors (Lipinski definition) is 0. The molecule has 0 aromatic rings. The summed E-state index contributed by atoms with van der Waals surface area (Å²) >= 11 is 0. The Hall–Kier alpha value is 0.519. The van der Waals surface area contributed by atoms with Crippen LogP contribution >= 0.6 is 0 Å². The van der Waals surface area contributed by atoms with Crippen molar-refractivity contribution in [3.8, 4) is 0 Å².